The Bertz CT molecular complexity index is 1440. The minimum Gasteiger partial charge on any atom is -0.507 e. The lowest BCUT2D eigenvalue weighted by atomic mass is 9.91. The molecule has 1 atom stereocenters. The maximum Gasteiger partial charge on any atom is 0.300 e. The van der Waals surface area contributed by atoms with E-state index in [0.29, 0.717) is 22.0 Å². The zero-order valence-electron chi connectivity index (χ0n) is 18.2. The van der Waals surface area contributed by atoms with Gasteiger partial charge in [0.15, 0.2) is 0 Å². The van der Waals surface area contributed by atoms with Crippen molar-refractivity contribution in [1.82, 2.24) is 0 Å². The minimum atomic E-state index is -0.825. The van der Waals surface area contributed by atoms with Crippen molar-refractivity contribution >= 4 is 45.5 Å². The number of benzene rings is 4. The number of aliphatic hydroxyl groups excluding tert-OH is 1. The average Bonchev–Trinajstić information content (AvgIpc) is 3.14. The number of hydrogen-bond donors (Lipinski definition) is 1. The van der Waals surface area contributed by atoms with E-state index in [2.05, 4.69) is 0 Å². The number of amides is 1. The fraction of sp³-hybridized carbons (Fsp3) is 0.0714. The van der Waals surface area contributed by atoms with Crippen molar-refractivity contribution in [2.45, 2.75) is 6.04 Å². The van der Waals surface area contributed by atoms with Gasteiger partial charge in [-0.3, -0.25) is 14.5 Å². The van der Waals surface area contributed by atoms with Crippen molar-refractivity contribution in [2.75, 3.05) is 12.0 Å². The van der Waals surface area contributed by atoms with E-state index in [9.17, 15) is 14.7 Å². The molecule has 0 aromatic heterocycles. The van der Waals surface area contributed by atoms with Gasteiger partial charge in [0, 0.05) is 16.3 Å². The van der Waals surface area contributed by atoms with Crippen LogP contribution in [0.4, 0.5) is 5.69 Å². The van der Waals surface area contributed by atoms with Crippen LogP contribution in [0.3, 0.4) is 0 Å². The van der Waals surface area contributed by atoms with Gasteiger partial charge in [-0.05, 0) is 64.9 Å². The first-order valence-corrected chi connectivity index (χ1v) is 11.1. The van der Waals surface area contributed by atoms with Crippen LogP contribution in [0.1, 0.15) is 17.2 Å². The van der Waals surface area contributed by atoms with Gasteiger partial charge in [0.05, 0.1) is 18.7 Å². The summed E-state index contributed by atoms with van der Waals surface area (Å²) in [6, 6.07) is 26.1. The summed E-state index contributed by atoms with van der Waals surface area (Å²) >= 11 is 6.07. The molecule has 1 fully saturated rings. The molecule has 6 heteroatoms. The molecule has 1 unspecified atom stereocenters. The number of hydrogen-bond acceptors (Lipinski definition) is 4. The molecular weight excluding hydrogens is 450 g/mol. The van der Waals surface area contributed by atoms with Gasteiger partial charge in [0.25, 0.3) is 11.7 Å². The highest BCUT2D eigenvalue weighted by molar-refractivity contribution is 6.52. The molecule has 4 aromatic rings. The number of carbonyl (C=O) groups is 2. The largest absolute Gasteiger partial charge is 0.507 e. The molecule has 0 radical (unpaired) electrons. The number of ketones is 1. The third-order valence-corrected chi connectivity index (χ3v) is 6.28. The maximum absolute atomic E-state index is 13.4. The van der Waals surface area contributed by atoms with Crippen LogP contribution in [0.5, 0.6) is 5.75 Å². The summed E-state index contributed by atoms with van der Waals surface area (Å²) in [5.74, 6) is -1.09. The summed E-state index contributed by atoms with van der Waals surface area (Å²) in [7, 11) is 1.55. The number of rotatable bonds is 4. The molecule has 0 bridgehead atoms. The molecule has 34 heavy (non-hydrogen) atoms. The Kier molecular flexibility index (Phi) is 5.56. The molecule has 0 saturated carbocycles. The van der Waals surface area contributed by atoms with E-state index in [1.165, 1.54) is 4.90 Å². The third kappa shape index (κ3) is 3.60. The Hall–Kier alpha value is -4.09. The Balaban J connectivity index is 1.78. The van der Waals surface area contributed by atoms with Gasteiger partial charge in [0.2, 0.25) is 0 Å². The number of nitrogens with zero attached hydrogens (tertiary/aromatic N) is 1. The van der Waals surface area contributed by atoms with Crippen LogP contribution in [-0.4, -0.2) is 23.9 Å². The lowest BCUT2D eigenvalue weighted by Gasteiger charge is -2.26. The molecule has 5 rings (SSSR count). The zero-order valence-corrected chi connectivity index (χ0v) is 19.0. The number of fused-ring (bicyclic) bond motifs is 1. The van der Waals surface area contributed by atoms with Crippen LogP contribution in [0, 0.1) is 0 Å². The lowest BCUT2D eigenvalue weighted by molar-refractivity contribution is -0.132. The molecule has 1 N–H and O–H groups in total. The Morgan fingerprint density at radius 3 is 2.26 bits per heavy atom. The van der Waals surface area contributed by atoms with E-state index in [0.717, 1.165) is 16.3 Å². The van der Waals surface area contributed by atoms with Crippen LogP contribution in [0.2, 0.25) is 5.02 Å². The first kappa shape index (κ1) is 21.7. The number of carbonyl (C=O) groups excluding carboxylic acids is 2. The Morgan fingerprint density at radius 1 is 0.882 bits per heavy atom. The standard InChI is InChI=1S/C28H20ClNO4/c1-34-21-15-9-18(10-16-21)26(31)24-25(23-8-4-6-17-5-2-3-7-22(17)23)30(28(33)27(24)32)20-13-11-19(29)12-14-20/h2-16,25,31H,1H3/b26-24-. The Labute approximate surface area is 201 Å². The molecule has 4 aromatic carbocycles. The number of anilines is 1. The first-order chi connectivity index (χ1) is 16.5. The van der Waals surface area contributed by atoms with Gasteiger partial charge in [-0.25, -0.2) is 0 Å². The lowest BCUT2D eigenvalue weighted by Crippen LogP contribution is -2.29. The van der Waals surface area contributed by atoms with Crippen LogP contribution < -0.4 is 9.64 Å². The Morgan fingerprint density at radius 2 is 1.56 bits per heavy atom. The second kappa shape index (κ2) is 8.69. The quantitative estimate of drug-likeness (QED) is 0.222. The first-order valence-electron chi connectivity index (χ1n) is 10.7. The van der Waals surface area contributed by atoms with Gasteiger partial charge >= 0.3 is 0 Å². The van der Waals surface area contributed by atoms with Crippen LogP contribution in [0.25, 0.3) is 16.5 Å². The predicted octanol–water partition coefficient (Wildman–Crippen LogP) is 6.13. The summed E-state index contributed by atoms with van der Waals surface area (Å²) in [4.78, 5) is 28.1. The van der Waals surface area contributed by atoms with Crippen molar-refractivity contribution in [3.63, 3.8) is 0 Å². The number of aliphatic hydroxyl groups is 1. The summed E-state index contributed by atoms with van der Waals surface area (Å²) < 4.78 is 5.20. The minimum absolute atomic E-state index is 0.0291. The molecule has 1 aliphatic rings. The molecule has 1 saturated heterocycles. The van der Waals surface area contributed by atoms with E-state index in [1.807, 2.05) is 42.5 Å². The van der Waals surface area contributed by atoms with Crippen LogP contribution in [-0.2, 0) is 9.59 Å². The molecule has 0 aliphatic carbocycles. The molecule has 168 valence electrons. The second-order valence-corrected chi connectivity index (χ2v) is 8.38. The summed E-state index contributed by atoms with van der Waals surface area (Å²) in [5.41, 5.74) is 1.70. The highest BCUT2D eigenvalue weighted by Crippen LogP contribution is 2.44. The summed E-state index contributed by atoms with van der Waals surface area (Å²) in [6.07, 6.45) is 0. The van der Waals surface area contributed by atoms with E-state index >= 15 is 0 Å². The molecule has 1 aliphatic heterocycles. The van der Waals surface area contributed by atoms with Crippen molar-refractivity contribution in [2.24, 2.45) is 0 Å². The van der Waals surface area contributed by atoms with Crippen LogP contribution >= 0.6 is 11.6 Å². The van der Waals surface area contributed by atoms with Crippen molar-refractivity contribution < 1.29 is 19.4 Å². The van der Waals surface area contributed by atoms with Crippen molar-refractivity contribution in [1.29, 1.82) is 0 Å². The molecular formula is C28H20ClNO4. The highest BCUT2D eigenvalue weighted by atomic mass is 35.5. The fourth-order valence-electron chi connectivity index (χ4n) is 4.39. The van der Waals surface area contributed by atoms with Crippen LogP contribution in [0.15, 0.2) is 96.6 Å². The number of halogens is 1. The number of ether oxygens (including phenoxy) is 1. The average molecular weight is 470 g/mol. The third-order valence-electron chi connectivity index (χ3n) is 6.03. The molecule has 1 heterocycles. The topological polar surface area (TPSA) is 66.8 Å². The van der Waals surface area contributed by atoms with E-state index in [1.54, 1.807) is 55.6 Å². The normalized spacial score (nSPS) is 17.4. The molecule has 5 nitrogen and oxygen atoms in total. The molecule has 1 amide bonds. The van der Waals surface area contributed by atoms with Gasteiger partial charge in [-0.2, -0.15) is 0 Å². The van der Waals surface area contributed by atoms with Crippen molar-refractivity contribution in [3.8, 4) is 5.75 Å². The van der Waals surface area contributed by atoms with E-state index in [4.69, 9.17) is 16.3 Å². The maximum atomic E-state index is 13.4. The fourth-order valence-corrected chi connectivity index (χ4v) is 4.51. The molecule has 0 spiro atoms. The predicted molar refractivity (Wildman–Crippen MR) is 133 cm³/mol. The van der Waals surface area contributed by atoms with Gasteiger partial charge < -0.3 is 9.84 Å². The second-order valence-electron chi connectivity index (χ2n) is 7.94. The summed E-state index contributed by atoms with van der Waals surface area (Å²) in [5, 5.41) is 13.7. The van der Waals surface area contributed by atoms with E-state index < -0.39 is 17.7 Å². The highest BCUT2D eigenvalue weighted by Gasteiger charge is 2.47. The summed E-state index contributed by atoms with van der Waals surface area (Å²) in [6.45, 7) is 0. The number of Topliss-reactive ketones (excluding diaryl/α,β-unsaturated/α-hetero) is 1. The van der Waals surface area contributed by atoms with Gasteiger partial charge in [-0.15, -0.1) is 0 Å². The van der Waals surface area contributed by atoms with Gasteiger partial charge in [0.1, 0.15) is 11.5 Å². The number of methoxy groups -OCH3 is 1. The zero-order chi connectivity index (χ0) is 23.8. The SMILES string of the molecule is COc1ccc(/C(O)=C2/C(=O)C(=O)N(c3ccc(Cl)cc3)C2c2cccc3ccccc23)cc1. The monoisotopic (exact) mass is 469 g/mol. The smallest absolute Gasteiger partial charge is 0.300 e. The van der Waals surface area contributed by atoms with Gasteiger partial charge in [-0.1, -0.05) is 54.1 Å². The van der Waals surface area contributed by atoms with Crippen molar-refractivity contribution in [3.05, 3.63) is 113 Å². The van der Waals surface area contributed by atoms with E-state index in [-0.39, 0.29) is 11.3 Å².